The van der Waals surface area contributed by atoms with Crippen molar-refractivity contribution in [3.8, 4) is 0 Å². The summed E-state index contributed by atoms with van der Waals surface area (Å²) < 4.78 is 0. The van der Waals surface area contributed by atoms with Crippen LogP contribution in [0.5, 0.6) is 0 Å². The van der Waals surface area contributed by atoms with Gasteiger partial charge in [0.1, 0.15) is 0 Å². The third-order valence-corrected chi connectivity index (χ3v) is 2.70. The number of aryl methyl sites for hydroxylation is 1. The first-order valence-electron chi connectivity index (χ1n) is 5.13. The summed E-state index contributed by atoms with van der Waals surface area (Å²) in [5.41, 5.74) is 9.79. The van der Waals surface area contributed by atoms with Gasteiger partial charge in [-0.05, 0) is 43.5 Å². The largest absolute Gasteiger partial charge is 0.330 e. The van der Waals surface area contributed by atoms with Crippen molar-refractivity contribution in [2.75, 3.05) is 11.9 Å². The number of carbonyl (C=O) groups is 1. The molecular formula is C12H18N2O. The van der Waals surface area contributed by atoms with E-state index in [1.807, 2.05) is 19.1 Å². The molecule has 0 aromatic heterocycles. The summed E-state index contributed by atoms with van der Waals surface area (Å²) in [4.78, 5) is 11.4. The molecule has 1 rings (SSSR count). The van der Waals surface area contributed by atoms with Gasteiger partial charge < -0.3 is 11.1 Å². The van der Waals surface area contributed by atoms with Crippen LogP contribution in [0.1, 0.15) is 23.1 Å². The van der Waals surface area contributed by atoms with E-state index >= 15 is 0 Å². The molecule has 0 spiro atoms. The number of hydrogen-bond donors (Lipinski definition) is 2. The van der Waals surface area contributed by atoms with Crippen LogP contribution in [0.15, 0.2) is 12.1 Å². The monoisotopic (exact) mass is 206 g/mol. The molecule has 15 heavy (non-hydrogen) atoms. The van der Waals surface area contributed by atoms with Crippen molar-refractivity contribution in [3.63, 3.8) is 0 Å². The molecule has 82 valence electrons. The highest BCUT2D eigenvalue weighted by atomic mass is 16.1. The molecular weight excluding hydrogens is 188 g/mol. The highest BCUT2D eigenvalue weighted by molar-refractivity contribution is 5.91. The highest BCUT2D eigenvalue weighted by Crippen LogP contribution is 2.21. The number of benzene rings is 1. The lowest BCUT2D eigenvalue weighted by Gasteiger charge is -2.12. The lowest BCUT2D eigenvalue weighted by Crippen LogP contribution is -2.17. The molecule has 3 nitrogen and oxygen atoms in total. The van der Waals surface area contributed by atoms with E-state index in [9.17, 15) is 4.79 Å². The van der Waals surface area contributed by atoms with Gasteiger partial charge >= 0.3 is 0 Å². The van der Waals surface area contributed by atoms with Crippen LogP contribution in [0, 0.1) is 20.8 Å². The summed E-state index contributed by atoms with van der Waals surface area (Å²) in [6.45, 7) is 6.52. The molecule has 1 aromatic carbocycles. The zero-order valence-electron chi connectivity index (χ0n) is 9.55. The average Bonchev–Trinajstić information content (AvgIpc) is 2.20. The van der Waals surface area contributed by atoms with Gasteiger partial charge in [0.05, 0.1) is 0 Å². The topological polar surface area (TPSA) is 55.1 Å². The van der Waals surface area contributed by atoms with Crippen LogP contribution < -0.4 is 11.1 Å². The first-order valence-corrected chi connectivity index (χ1v) is 5.13. The van der Waals surface area contributed by atoms with Gasteiger partial charge in [-0.25, -0.2) is 0 Å². The van der Waals surface area contributed by atoms with Gasteiger partial charge in [0.25, 0.3) is 0 Å². The Morgan fingerprint density at radius 1 is 1.27 bits per heavy atom. The van der Waals surface area contributed by atoms with E-state index in [4.69, 9.17) is 5.73 Å². The molecule has 3 N–H and O–H groups in total. The molecule has 0 heterocycles. The number of rotatable bonds is 3. The van der Waals surface area contributed by atoms with Crippen LogP contribution in [-0.2, 0) is 4.79 Å². The molecule has 0 unspecified atom stereocenters. The third kappa shape index (κ3) is 2.80. The molecule has 0 atom stereocenters. The minimum Gasteiger partial charge on any atom is -0.330 e. The van der Waals surface area contributed by atoms with Gasteiger partial charge in [-0.3, -0.25) is 4.79 Å². The maximum Gasteiger partial charge on any atom is 0.225 e. The number of carbonyl (C=O) groups excluding carboxylic acids is 1. The second-order valence-corrected chi connectivity index (χ2v) is 3.77. The van der Waals surface area contributed by atoms with Crippen LogP contribution in [0.25, 0.3) is 0 Å². The minimum atomic E-state index is -0.0242. The molecule has 1 aromatic rings. The summed E-state index contributed by atoms with van der Waals surface area (Å²) in [6, 6.07) is 3.95. The summed E-state index contributed by atoms with van der Waals surface area (Å²) in [5, 5.41) is 2.86. The maximum atomic E-state index is 11.4. The van der Waals surface area contributed by atoms with E-state index < -0.39 is 0 Å². The number of nitrogens with one attached hydrogen (secondary N) is 1. The van der Waals surface area contributed by atoms with Gasteiger partial charge in [0, 0.05) is 18.7 Å². The SMILES string of the molecule is Cc1ccc(NC(=O)CCN)c(C)c1C. The van der Waals surface area contributed by atoms with Crippen LogP contribution in [0.3, 0.4) is 0 Å². The van der Waals surface area contributed by atoms with E-state index in [0.717, 1.165) is 11.3 Å². The molecule has 0 saturated carbocycles. The van der Waals surface area contributed by atoms with E-state index in [0.29, 0.717) is 13.0 Å². The van der Waals surface area contributed by atoms with Crippen LogP contribution in [0.2, 0.25) is 0 Å². The van der Waals surface area contributed by atoms with Gasteiger partial charge in [0.2, 0.25) is 5.91 Å². The first kappa shape index (κ1) is 11.7. The Kier molecular flexibility index (Phi) is 3.86. The number of amides is 1. The molecule has 0 aliphatic carbocycles. The molecule has 0 radical (unpaired) electrons. The van der Waals surface area contributed by atoms with Crippen LogP contribution in [-0.4, -0.2) is 12.5 Å². The Morgan fingerprint density at radius 3 is 2.53 bits per heavy atom. The second-order valence-electron chi connectivity index (χ2n) is 3.77. The fraction of sp³-hybridized carbons (Fsp3) is 0.417. The van der Waals surface area contributed by atoms with Crippen molar-refractivity contribution in [2.45, 2.75) is 27.2 Å². The van der Waals surface area contributed by atoms with Crippen molar-refractivity contribution in [1.82, 2.24) is 0 Å². The summed E-state index contributed by atoms with van der Waals surface area (Å²) in [6.07, 6.45) is 0.367. The molecule has 0 fully saturated rings. The van der Waals surface area contributed by atoms with Gasteiger partial charge in [-0.2, -0.15) is 0 Å². The van der Waals surface area contributed by atoms with Gasteiger partial charge in [-0.1, -0.05) is 6.07 Å². The molecule has 1 amide bonds. The Hall–Kier alpha value is -1.35. The third-order valence-electron chi connectivity index (χ3n) is 2.70. The van der Waals surface area contributed by atoms with E-state index in [1.54, 1.807) is 0 Å². The van der Waals surface area contributed by atoms with E-state index in [2.05, 4.69) is 19.2 Å². The maximum absolute atomic E-state index is 11.4. The predicted molar refractivity (Wildman–Crippen MR) is 63.0 cm³/mol. The number of nitrogens with two attached hydrogens (primary N) is 1. The summed E-state index contributed by atoms with van der Waals surface area (Å²) in [5.74, 6) is -0.0242. The Morgan fingerprint density at radius 2 is 1.93 bits per heavy atom. The second kappa shape index (κ2) is 4.94. The number of anilines is 1. The van der Waals surface area contributed by atoms with E-state index in [1.165, 1.54) is 11.1 Å². The van der Waals surface area contributed by atoms with Gasteiger partial charge in [-0.15, -0.1) is 0 Å². The molecule has 0 aliphatic heterocycles. The zero-order chi connectivity index (χ0) is 11.4. The molecule has 3 heteroatoms. The standard InChI is InChI=1S/C12H18N2O/c1-8-4-5-11(10(3)9(8)2)14-12(15)6-7-13/h4-5H,6-7,13H2,1-3H3,(H,14,15). The Balaban J connectivity index is 2.87. The van der Waals surface area contributed by atoms with Crippen molar-refractivity contribution in [3.05, 3.63) is 28.8 Å². The van der Waals surface area contributed by atoms with Crippen LogP contribution >= 0.6 is 0 Å². The van der Waals surface area contributed by atoms with Crippen LogP contribution in [0.4, 0.5) is 5.69 Å². The minimum absolute atomic E-state index is 0.0242. The van der Waals surface area contributed by atoms with Gasteiger partial charge in [0.15, 0.2) is 0 Å². The summed E-state index contributed by atoms with van der Waals surface area (Å²) >= 11 is 0. The first-order chi connectivity index (χ1) is 7.06. The highest BCUT2D eigenvalue weighted by Gasteiger charge is 2.06. The van der Waals surface area contributed by atoms with Crippen molar-refractivity contribution in [2.24, 2.45) is 5.73 Å². The zero-order valence-corrected chi connectivity index (χ0v) is 9.55. The lowest BCUT2D eigenvalue weighted by molar-refractivity contribution is -0.116. The molecule has 0 aliphatic rings. The molecule has 0 bridgehead atoms. The Bertz CT molecular complexity index is 372. The molecule has 0 saturated heterocycles. The smallest absolute Gasteiger partial charge is 0.225 e. The summed E-state index contributed by atoms with van der Waals surface area (Å²) in [7, 11) is 0. The fourth-order valence-corrected chi connectivity index (χ4v) is 1.44. The predicted octanol–water partition coefficient (Wildman–Crippen LogP) is 1.90. The van der Waals surface area contributed by atoms with Crippen molar-refractivity contribution in [1.29, 1.82) is 0 Å². The number of hydrogen-bond acceptors (Lipinski definition) is 2. The lowest BCUT2D eigenvalue weighted by atomic mass is 10.0. The van der Waals surface area contributed by atoms with E-state index in [-0.39, 0.29) is 5.91 Å². The van der Waals surface area contributed by atoms with Crippen molar-refractivity contribution < 1.29 is 4.79 Å². The van der Waals surface area contributed by atoms with Crippen molar-refractivity contribution >= 4 is 11.6 Å². The normalized spacial score (nSPS) is 10.1. The average molecular weight is 206 g/mol. The quantitative estimate of drug-likeness (QED) is 0.793. The Labute approximate surface area is 90.7 Å². The fourth-order valence-electron chi connectivity index (χ4n) is 1.44.